The molecule has 13 heavy (non-hydrogen) atoms. The molecule has 6 heteroatoms. The van der Waals surface area contributed by atoms with E-state index < -0.39 is 10.1 Å². The molecule has 0 aliphatic heterocycles. The Morgan fingerprint density at radius 1 is 1.23 bits per heavy atom. The third-order valence-corrected chi connectivity index (χ3v) is 4.81. The highest BCUT2D eigenvalue weighted by Gasteiger charge is 2.15. The van der Waals surface area contributed by atoms with E-state index in [-0.39, 0.29) is 4.90 Å². The van der Waals surface area contributed by atoms with Crippen molar-refractivity contribution >= 4 is 55.3 Å². The summed E-state index contributed by atoms with van der Waals surface area (Å²) in [5.74, 6) is 0. The highest BCUT2D eigenvalue weighted by Crippen LogP contribution is 2.23. The third kappa shape index (κ3) is 2.77. The molecule has 0 atom stereocenters. The minimum Gasteiger partial charge on any atom is -0.282 e. The maximum absolute atomic E-state index is 10.9. The molecule has 72 valence electrons. The summed E-state index contributed by atoms with van der Waals surface area (Å²) in [5, 5.41) is 0. The van der Waals surface area contributed by atoms with Crippen LogP contribution in [-0.2, 0) is 10.1 Å². The Bertz CT molecular complexity index is 439. The smallest absolute Gasteiger partial charge is 0.282 e. The van der Waals surface area contributed by atoms with Gasteiger partial charge in [-0.3, -0.25) is 4.55 Å². The predicted molar refractivity (Wildman–Crippen MR) is 66.4 cm³/mol. The number of hydrogen-bond acceptors (Lipinski definition) is 2. The van der Waals surface area contributed by atoms with E-state index in [1.165, 1.54) is 6.07 Å². The quantitative estimate of drug-likeness (QED) is 0.557. The summed E-state index contributed by atoms with van der Waals surface area (Å²) in [5.41, 5.74) is 0.841. The number of rotatable bonds is 1. The largest absolute Gasteiger partial charge is 0.295 e. The zero-order chi connectivity index (χ0) is 10.2. The molecule has 0 aromatic heterocycles. The van der Waals surface area contributed by atoms with Crippen LogP contribution in [0, 0.1) is 14.1 Å². The maximum Gasteiger partial charge on any atom is 0.295 e. The van der Waals surface area contributed by atoms with Gasteiger partial charge in [-0.25, -0.2) is 0 Å². The monoisotopic (exact) mass is 424 g/mol. The van der Waals surface area contributed by atoms with Gasteiger partial charge in [-0.15, -0.1) is 0 Å². The Morgan fingerprint density at radius 3 is 2.23 bits per heavy atom. The van der Waals surface area contributed by atoms with Crippen LogP contribution in [-0.4, -0.2) is 13.0 Å². The summed E-state index contributed by atoms with van der Waals surface area (Å²) in [7, 11) is -4.08. The molecule has 0 saturated heterocycles. The minimum absolute atomic E-state index is 0.0222. The molecular formula is C7H6I2O3S. The van der Waals surface area contributed by atoms with Crippen LogP contribution in [0.15, 0.2) is 17.0 Å². The van der Waals surface area contributed by atoms with Crippen molar-refractivity contribution in [1.29, 1.82) is 0 Å². The minimum atomic E-state index is -4.08. The number of halogens is 2. The van der Waals surface area contributed by atoms with Crippen LogP contribution in [0.5, 0.6) is 0 Å². The first-order chi connectivity index (χ1) is 5.82. The highest BCUT2D eigenvalue weighted by molar-refractivity contribution is 14.1. The van der Waals surface area contributed by atoms with Crippen molar-refractivity contribution in [2.75, 3.05) is 0 Å². The van der Waals surface area contributed by atoms with Crippen LogP contribution in [0.1, 0.15) is 5.56 Å². The van der Waals surface area contributed by atoms with Crippen molar-refractivity contribution in [2.45, 2.75) is 11.8 Å². The van der Waals surface area contributed by atoms with Gasteiger partial charge in [0.1, 0.15) is 4.90 Å². The van der Waals surface area contributed by atoms with Crippen molar-refractivity contribution in [1.82, 2.24) is 0 Å². The summed E-state index contributed by atoms with van der Waals surface area (Å²) in [6.07, 6.45) is 0. The summed E-state index contributed by atoms with van der Waals surface area (Å²) in [4.78, 5) is -0.0222. The SMILES string of the molecule is Cc1cc(S(=O)(=O)O)c(I)cc1I. The average molecular weight is 424 g/mol. The van der Waals surface area contributed by atoms with E-state index in [4.69, 9.17) is 4.55 Å². The first-order valence-corrected chi connectivity index (χ1v) is 6.85. The van der Waals surface area contributed by atoms with Gasteiger partial charge in [0.05, 0.1) is 0 Å². The maximum atomic E-state index is 10.9. The predicted octanol–water partition coefficient (Wildman–Crippen LogP) is 2.45. The number of benzene rings is 1. The topological polar surface area (TPSA) is 54.4 Å². The second kappa shape index (κ2) is 3.99. The highest BCUT2D eigenvalue weighted by atomic mass is 127. The zero-order valence-corrected chi connectivity index (χ0v) is 11.7. The van der Waals surface area contributed by atoms with E-state index in [0.717, 1.165) is 9.13 Å². The lowest BCUT2D eigenvalue weighted by Gasteiger charge is -2.04. The van der Waals surface area contributed by atoms with Crippen LogP contribution in [0.4, 0.5) is 0 Å². The van der Waals surface area contributed by atoms with Crippen molar-refractivity contribution in [3.63, 3.8) is 0 Å². The van der Waals surface area contributed by atoms with Gasteiger partial charge in [-0.1, -0.05) is 0 Å². The Kier molecular flexibility index (Phi) is 3.58. The van der Waals surface area contributed by atoms with E-state index in [0.29, 0.717) is 3.57 Å². The third-order valence-electron chi connectivity index (χ3n) is 1.49. The van der Waals surface area contributed by atoms with Gasteiger partial charge in [0, 0.05) is 7.14 Å². The Morgan fingerprint density at radius 2 is 1.77 bits per heavy atom. The lowest BCUT2D eigenvalue weighted by atomic mass is 10.2. The summed E-state index contributed by atoms with van der Waals surface area (Å²) in [6.45, 7) is 1.80. The van der Waals surface area contributed by atoms with Crippen LogP contribution in [0.25, 0.3) is 0 Å². The van der Waals surface area contributed by atoms with E-state index in [1.54, 1.807) is 13.0 Å². The standard InChI is InChI=1S/C7H6I2O3S/c1-4-2-7(13(10,11)12)6(9)3-5(4)8/h2-3H,1H3,(H,10,11,12). The van der Waals surface area contributed by atoms with E-state index in [9.17, 15) is 8.42 Å². The molecule has 0 heterocycles. The molecule has 1 N–H and O–H groups in total. The second-order valence-corrected chi connectivity index (χ2v) is 6.22. The van der Waals surface area contributed by atoms with Gasteiger partial charge < -0.3 is 0 Å². The van der Waals surface area contributed by atoms with Crippen LogP contribution < -0.4 is 0 Å². The van der Waals surface area contributed by atoms with Gasteiger partial charge in [-0.2, -0.15) is 8.42 Å². The Balaban J connectivity index is 3.50. The van der Waals surface area contributed by atoms with Crippen molar-refractivity contribution in [3.05, 3.63) is 24.8 Å². The molecule has 0 spiro atoms. The molecule has 1 aromatic rings. The van der Waals surface area contributed by atoms with Crippen LogP contribution >= 0.6 is 45.2 Å². The summed E-state index contributed by atoms with van der Waals surface area (Å²) >= 11 is 4.00. The Labute approximate surface area is 104 Å². The molecule has 0 radical (unpaired) electrons. The molecule has 1 aromatic carbocycles. The van der Waals surface area contributed by atoms with Crippen molar-refractivity contribution < 1.29 is 13.0 Å². The van der Waals surface area contributed by atoms with Crippen LogP contribution in [0.3, 0.4) is 0 Å². The fraction of sp³-hybridized carbons (Fsp3) is 0.143. The van der Waals surface area contributed by atoms with Gasteiger partial charge >= 0.3 is 0 Å². The molecule has 0 fully saturated rings. The normalized spacial score (nSPS) is 11.7. The molecule has 0 bridgehead atoms. The average Bonchev–Trinajstić information content (AvgIpc) is 1.94. The molecular weight excluding hydrogens is 418 g/mol. The fourth-order valence-electron chi connectivity index (χ4n) is 0.828. The molecule has 0 aliphatic rings. The summed E-state index contributed by atoms with van der Waals surface area (Å²) < 4.78 is 32.1. The zero-order valence-electron chi connectivity index (χ0n) is 6.58. The molecule has 0 aliphatic carbocycles. The van der Waals surface area contributed by atoms with Gasteiger partial charge in [0.15, 0.2) is 0 Å². The van der Waals surface area contributed by atoms with Gasteiger partial charge in [-0.05, 0) is 69.8 Å². The van der Waals surface area contributed by atoms with Crippen molar-refractivity contribution in [2.24, 2.45) is 0 Å². The van der Waals surface area contributed by atoms with E-state index >= 15 is 0 Å². The first-order valence-electron chi connectivity index (χ1n) is 3.25. The van der Waals surface area contributed by atoms with E-state index in [2.05, 4.69) is 22.6 Å². The first kappa shape index (κ1) is 11.7. The molecule has 0 saturated carbocycles. The second-order valence-electron chi connectivity index (χ2n) is 2.51. The lowest BCUT2D eigenvalue weighted by molar-refractivity contribution is 0.482. The molecule has 1 rings (SSSR count). The van der Waals surface area contributed by atoms with Gasteiger partial charge in [0.2, 0.25) is 0 Å². The number of aryl methyl sites for hydroxylation is 1. The molecule has 0 amide bonds. The molecule has 3 nitrogen and oxygen atoms in total. The number of hydrogen-bond donors (Lipinski definition) is 1. The van der Waals surface area contributed by atoms with Crippen LogP contribution in [0.2, 0.25) is 0 Å². The summed E-state index contributed by atoms with van der Waals surface area (Å²) in [6, 6.07) is 3.19. The lowest BCUT2D eigenvalue weighted by Crippen LogP contribution is -2.02. The molecule has 0 unspecified atom stereocenters. The Hall–Kier alpha value is 0.590. The van der Waals surface area contributed by atoms with Gasteiger partial charge in [0.25, 0.3) is 10.1 Å². The van der Waals surface area contributed by atoms with E-state index in [1.807, 2.05) is 22.6 Å². The van der Waals surface area contributed by atoms with Crippen molar-refractivity contribution in [3.8, 4) is 0 Å². The fourth-order valence-corrected chi connectivity index (χ4v) is 3.82.